The molecule has 19 heavy (non-hydrogen) atoms. The molecule has 1 N–H and O–H groups in total. The molecule has 1 fully saturated rings. The third-order valence-corrected chi connectivity index (χ3v) is 4.64. The lowest BCUT2D eigenvalue weighted by molar-refractivity contribution is 0.0709. The Balaban J connectivity index is 1.84. The van der Waals surface area contributed by atoms with Gasteiger partial charge in [0.2, 0.25) is 0 Å². The molecule has 3 heterocycles. The van der Waals surface area contributed by atoms with Crippen LogP contribution in [0.25, 0.3) is 0 Å². The molecule has 3 rings (SSSR count). The van der Waals surface area contributed by atoms with E-state index < -0.39 is 0 Å². The molecule has 0 spiro atoms. The standard InChI is InChI=1S/C15H25N3O/c1-11(2)17-8-4-5-12(10-17)15-16-9-13-6-3-7-14(19)18(13)15/h9,11-12,14,19H,3-8,10H2,1-2H3. The summed E-state index contributed by atoms with van der Waals surface area (Å²) >= 11 is 0. The monoisotopic (exact) mass is 263 g/mol. The van der Waals surface area contributed by atoms with Gasteiger partial charge in [-0.05, 0) is 52.5 Å². The van der Waals surface area contributed by atoms with Gasteiger partial charge in [-0.1, -0.05) is 0 Å². The highest BCUT2D eigenvalue weighted by molar-refractivity contribution is 5.13. The molecule has 2 aliphatic heterocycles. The van der Waals surface area contributed by atoms with E-state index in [1.165, 1.54) is 25.1 Å². The molecule has 2 unspecified atom stereocenters. The maximum absolute atomic E-state index is 10.2. The summed E-state index contributed by atoms with van der Waals surface area (Å²) in [7, 11) is 0. The van der Waals surface area contributed by atoms with Gasteiger partial charge in [-0.15, -0.1) is 0 Å². The zero-order valence-electron chi connectivity index (χ0n) is 12.0. The van der Waals surface area contributed by atoms with E-state index in [0.717, 1.165) is 31.6 Å². The second-order valence-electron chi connectivity index (χ2n) is 6.28. The Morgan fingerprint density at radius 3 is 2.95 bits per heavy atom. The summed E-state index contributed by atoms with van der Waals surface area (Å²) in [6.07, 6.45) is 7.08. The minimum Gasteiger partial charge on any atom is -0.373 e. The van der Waals surface area contributed by atoms with Gasteiger partial charge in [0.1, 0.15) is 12.1 Å². The Hall–Kier alpha value is -0.870. The second-order valence-corrected chi connectivity index (χ2v) is 6.28. The number of fused-ring (bicyclic) bond motifs is 1. The van der Waals surface area contributed by atoms with Gasteiger partial charge in [0.05, 0.1) is 0 Å². The van der Waals surface area contributed by atoms with Crippen LogP contribution in [0.15, 0.2) is 6.20 Å². The topological polar surface area (TPSA) is 41.3 Å². The molecule has 1 aromatic heterocycles. The average molecular weight is 263 g/mol. The van der Waals surface area contributed by atoms with Crippen molar-refractivity contribution < 1.29 is 5.11 Å². The molecular formula is C15H25N3O. The first kappa shape index (κ1) is 13.1. The minimum absolute atomic E-state index is 0.351. The second kappa shape index (κ2) is 5.25. The van der Waals surface area contributed by atoms with Gasteiger partial charge in [-0.2, -0.15) is 0 Å². The van der Waals surface area contributed by atoms with Gasteiger partial charge in [-0.25, -0.2) is 4.98 Å². The fourth-order valence-electron chi connectivity index (χ4n) is 3.52. The van der Waals surface area contributed by atoms with Crippen LogP contribution < -0.4 is 0 Å². The predicted octanol–water partition coefficient (Wildman–Crippen LogP) is 2.30. The van der Waals surface area contributed by atoms with E-state index in [1.807, 2.05) is 6.20 Å². The van der Waals surface area contributed by atoms with Crippen molar-refractivity contribution in [3.63, 3.8) is 0 Å². The largest absolute Gasteiger partial charge is 0.373 e. The summed E-state index contributed by atoms with van der Waals surface area (Å²) < 4.78 is 2.11. The van der Waals surface area contributed by atoms with Crippen LogP contribution in [0.3, 0.4) is 0 Å². The Bertz CT molecular complexity index is 441. The van der Waals surface area contributed by atoms with Crippen LogP contribution in [-0.4, -0.2) is 38.7 Å². The number of imidazole rings is 1. The molecule has 0 aliphatic carbocycles. The van der Waals surface area contributed by atoms with Crippen molar-refractivity contribution in [3.05, 3.63) is 17.7 Å². The molecule has 0 amide bonds. The summed E-state index contributed by atoms with van der Waals surface area (Å²) in [6, 6.07) is 0.600. The lowest BCUT2D eigenvalue weighted by Gasteiger charge is -2.36. The average Bonchev–Trinajstić information content (AvgIpc) is 2.84. The fraction of sp³-hybridized carbons (Fsp3) is 0.800. The number of nitrogens with zero attached hydrogens (tertiary/aromatic N) is 3. The number of piperidine rings is 1. The smallest absolute Gasteiger partial charge is 0.132 e. The summed E-state index contributed by atoms with van der Waals surface area (Å²) in [5.41, 5.74) is 1.22. The molecule has 0 bridgehead atoms. The maximum Gasteiger partial charge on any atom is 0.132 e. The van der Waals surface area contributed by atoms with E-state index in [9.17, 15) is 5.11 Å². The zero-order chi connectivity index (χ0) is 13.4. The first-order valence-electron chi connectivity index (χ1n) is 7.65. The molecule has 2 atom stereocenters. The van der Waals surface area contributed by atoms with Crippen LogP contribution in [0.1, 0.15) is 63.2 Å². The highest BCUT2D eigenvalue weighted by atomic mass is 16.3. The highest BCUT2D eigenvalue weighted by Crippen LogP contribution is 2.32. The quantitative estimate of drug-likeness (QED) is 0.890. The minimum atomic E-state index is -0.351. The number of rotatable bonds is 2. The first-order chi connectivity index (χ1) is 9.16. The Morgan fingerprint density at radius 2 is 2.16 bits per heavy atom. The molecule has 2 aliphatic rings. The van der Waals surface area contributed by atoms with E-state index in [2.05, 4.69) is 28.3 Å². The SMILES string of the molecule is CC(C)N1CCCC(c2ncc3n2C(O)CCC3)C1. The molecule has 4 nitrogen and oxygen atoms in total. The maximum atomic E-state index is 10.2. The molecule has 1 saturated heterocycles. The van der Waals surface area contributed by atoms with Crippen molar-refractivity contribution in [2.24, 2.45) is 0 Å². The Kier molecular flexibility index (Phi) is 3.63. The highest BCUT2D eigenvalue weighted by Gasteiger charge is 2.29. The van der Waals surface area contributed by atoms with Crippen molar-refractivity contribution in [2.75, 3.05) is 13.1 Å². The van der Waals surface area contributed by atoms with Crippen molar-refractivity contribution in [1.82, 2.24) is 14.5 Å². The molecule has 4 heteroatoms. The van der Waals surface area contributed by atoms with E-state index in [4.69, 9.17) is 0 Å². The van der Waals surface area contributed by atoms with Gasteiger partial charge in [0.25, 0.3) is 0 Å². The number of aliphatic hydroxyl groups is 1. The predicted molar refractivity (Wildman–Crippen MR) is 75.1 cm³/mol. The van der Waals surface area contributed by atoms with Crippen LogP contribution in [0.4, 0.5) is 0 Å². The van der Waals surface area contributed by atoms with Gasteiger partial charge >= 0.3 is 0 Å². The third kappa shape index (κ3) is 2.43. The summed E-state index contributed by atoms with van der Waals surface area (Å²) in [4.78, 5) is 7.17. The molecule has 0 radical (unpaired) electrons. The number of hydrogen-bond donors (Lipinski definition) is 1. The van der Waals surface area contributed by atoms with Crippen molar-refractivity contribution >= 4 is 0 Å². The van der Waals surface area contributed by atoms with Crippen LogP contribution >= 0.6 is 0 Å². The van der Waals surface area contributed by atoms with E-state index in [-0.39, 0.29) is 6.23 Å². The normalized spacial score (nSPS) is 28.6. The third-order valence-electron chi connectivity index (χ3n) is 4.64. The Morgan fingerprint density at radius 1 is 1.32 bits per heavy atom. The van der Waals surface area contributed by atoms with Gasteiger partial charge in [0, 0.05) is 30.4 Å². The van der Waals surface area contributed by atoms with Crippen molar-refractivity contribution in [2.45, 2.75) is 64.1 Å². The number of likely N-dealkylation sites (tertiary alicyclic amines) is 1. The van der Waals surface area contributed by atoms with E-state index >= 15 is 0 Å². The molecular weight excluding hydrogens is 238 g/mol. The summed E-state index contributed by atoms with van der Waals surface area (Å²) in [5.74, 6) is 1.60. The van der Waals surface area contributed by atoms with E-state index in [0.29, 0.717) is 12.0 Å². The lowest BCUT2D eigenvalue weighted by atomic mass is 9.95. The van der Waals surface area contributed by atoms with Crippen molar-refractivity contribution in [1.29, 1.82) is 0 Å². The van der Waals surface area contributed by atoms with Crippen LogP contribution in [0, 0.1) is 0 Å². The van der Waals surface area contributed by atoms with Gasteiger partial charge < -0.3 is 14.6 Å². The Labute approximate surface area is 115 Å². The molecule has 0 aromatic carbocycles. The van der Waals surface area contributed by atoms with Crippen LogP contribution in [-0.2, 0) is 6.42 Å². The van der Waals surface area contributed by atoms with E-state index in [1.54, 1.807) is 0 Å². The van der Waals surface area contributed by atoms with Crippen molar-refractivity contribution in [3.8, 4) is 0 Å². The fourth-order valence-corrected chi connectivity index (χ4v) is 3.52. The number of aromatic nitrogens is 2. The first-order valence-corrected chi connectivity index (χ1v) is 7.65. The summed E-state index contributed by atoms with van der Waals surface area (Å²) in [6.45, 7) is 6.81. The molecule has 1 aromatic rings. The van der Waals surface area contributed by atoms with Gasteiger partial charge in [-0.3, -0.25) is 0 Å². The molecule has 106 valence electrons. The summed E-state index contributed by atoms with van der Waals surface area (Å²) in [5, 5.41) is 10.2. The number of aliphatic hydroxyl groups excluding tert-OH is 1. The number of aryl methyl sites for hydroxylation is 1. The zero-order valence-corrected chi connectivity index (χ0v) is 12.0. The van der Waals surface area contributed by atoms with Crippen LogP contribution in [0.5, 0.6) is 0 Å². The van der Waals surface area contributed by atoms with Gasteiger partial charge in [0.15, 0.2) is 0 Å². The molecule has 0 saturated carbocycles. The number of hydrogen-bond acceptors (Lipinski definition) is 3. The van der Waals surface area contributed by atoms with Crippen LogP contribution in [0.2, 0.25) is 0 Å². The lowest BCUT2D eigenvalue weighted by Crippen LogP contribution is -2.40.